The van der Waals surface area contributed by atoms with Crippen LogP contribution in [-0.4, -0.2) is 39.0 Å². The summed E-state index contributed by atoms with van der Waals surface area (Å²) in [5.74, 6) is 0.745. The maximum atomic E-state index is 13.0. The molecular formula is C21H22FN5O2. The van der Waals surface area contributed by atoms with Gasteiger partial charge < -0.3 is 9.84 Å². The van der Waals surface area contributed by atoms with Crippen LogP contribution < -0.4 is 5.32 Å². The van der Waals surface area contributed by atoms with Gasteiger partial charge in [-0.15, -0.1) is 0 Å². The lowest BCUT2D eigenvalue weighted by Gasteiger charge is -2.30. The smallest absolute Gasteiger partial charge is 0.241 e. The molecule has 3 heterocycles. The summed E-state index contributed by atoms with van der Waals surface area (Å²) >= 11 is 0. The van der Waals surface area contributed by atoms with Crippen LogP contribution in [0.15, 0.2) is 53.2 Å². The zero-order valence-electron chi connectivity index (χ0n) is 15.9. The summed E-state index contributed by atoms with van der Waals surface area (Å²) in [7, 11) is 0. The number of carbonyl (C=O) groups excluding carboxylic acids is 1. The number of piperidine rings is 1. The standard InChI is InChI=1S/C21H22FN5O2/c22-17-6-4-15(5-7-17)20-25-19(29-26-20)14-27-11-8-16(9-12-27)21(28)24-13-18-3-1-2-10-23-18/h1-7,10,16H,8-9,11-14H2,(H,24,28). The first-order valence-corrected chi connectivity index (χ1v) is 9.66. The van der Waals surface area contributed by atoms with Crippen LogP contribution in [0.2, 0.25) is 0 Å². The zero-order valence-corrected chi connectivity index (χ0v) is 15.9. The van der Waals surface area contributed by atoms with Gasteiger partial charge in [-0.05, 0) is 62.3 Å². The quantitative estimate of drug-likeness (QED) is 0.691. The molecule has 150 valence electrons. The van der Waals surface area contributed by atoms with Gasteiger partial charge in [0.2, 0.25) is 17.6 Å². The van der Waals surface area contributed by atoms with E-state index in [1.54, 1.807) is 18.3 Å². The molecule has 2 aromatic heterocycles. The molecule has 1 saturated heterocycles. The molecule has 29 heavy (non-hydrogen) atoms. The Balaban J connectivity index is 1.25. The van der Waals surface area contributed by atoms with Crippen molar-refractivity contribution < 1.29 is 13.7 Å². The second-order valence-electron chi connectivity index (χ2n) is 7.11. The Hall–Kier alpha value is -3.13. The monoisotopic (exact) mass is 395 g/mol. The number of likely N-dealkylation sites (tertiary alicyclic amines) is 1. The van der Waals surface area contributed by atoms with Gasteiger partial charge in [-0.25, -0.2) is 4.39 Å². The molecule has 0 bridgehead atoms. The van der Waals surface area contributed by atoms with Crippen LogP contribution in [0.3, 0.4) is 0 Å². The Morgan fingerprint density at radius 1 is 1.17 bits per heavy atom. The van der Waals surface area contributed by atoms with Crippen molar-refractivity contribution in [2.75, 3.05) is 13.1 Å². The summed E-state index contributed by atoms with van der Waals surface area (Å²) < 4.78 is 18.4. The molecular weight excluding hydrogens is 373 g/mol. The second kappa shape index (κ2) is 8.91. The van der Waals surface area contributed by atoms with Crippen molar-refractivity contribution in [3.8, 4) is 11.4 Å². The van der Waals surface area contributed by atoms with Crippen LogP contribution in [0.5, 0.6) is 0 Å². The lowest BCUT2D eigenvalue weighted by Crippen LogP contribution is -2.40. The molecule has 0 aliphatic carbocycles. The molecule has 0 atom stereocenters. The highest BCUT2D eigenvalue weighted by Gasteiger charge is 2.26. The summed E-state index contributed by atoms with van der Waals surface area (Å²) in [6.45, 7) is 2.57. The van der Waals surface area contributed by atoms with Gasteiger partial charge in [-0.2, -0.15) is 4.98 Å². The van der Waals surface area contributed by atoms with E-state index in [-0.39, 0.29) is 17.6 Å². The number of nitrogens with one attached hydrogen (secondary N) is 1. The average Bonchev–Trinajstić information content (AvgIpc) is 3.22. The summed E-state index contributed by atoms with van der Waals surface area (Å²) in [5.41, 5.74) is 1.57. The minimum atomic E-state index is -0.301. The van der Waals surface area contributed by atoms with Crippen LogP contribution in [0, 0.1) is 11.7 Å². The van der Waals surface area contributed by atoms with E-state index in [1.807, 2.05) is 18.2 Å². The highest BCUT2D eigenvalue weighted by molar-refractivity contribution is 5.78. The lowest BCUT2D eigenvalue weighted by molar-refractivity contribution is -0.126. The number of aromatic nitrogens is 3. The Morgan fingerprint density at radius 3 is 2.69 bits per heavy atom. The van der Waals surface area contributed by atoms with Crippen molar-refractivity contribution >= 4 is 5.91 Å². The van der Waals surface area contributed by atoms with E-state index in [2.05, 4.69) is 25.3 Å². The van der Waals surface area contributed by atoms with E-state index in [1.165, 1.54) is 12.1 Å². The number of benzene rings is 1. The molecule has 0 spiro atoms. The molecule has 1 aliphatic rings. The number of hydrogen-bond acceptors (Lipinski definition) is 6. The van der Waals surface area contributed by atoms with Gasteiger partial charge in [-0.3, -0.25) is 14.7 Å². The van der Waals surface area contributed by atoms with Crippen molar-refractivity contribution in [2.45, 2.75) is 25.9 Å². The Labute approximate surface area is 168 Å². The van der Waals surface area contributed by atoms with Crippen LogP contribution in [0.1, 0.15) is 24.4 Å². The minimum Gasteiger partial charge on any atom is -0.350 e. The first-order valence-electron chi connectivity index (χ1n) is 9.66. The SMILES string of the molecule is O=C(NCc1ccccn1)C1CCN(Cc2nc(-c3ccc(F)cc3)no2)CC1. The molecule has 1 amide bonds. The van der Waals surface area contributed by atoms with Gasteiger partial charge in [0.25, 0.3) is 0 Å². The molecule has 4 rings (SSSR count). The van der Waals surface area contributed by atoms with Gasteiger partial charge in [0, 0.05) is 17.7 Å². The van der Waals surface area contributed by atoms with Gasteiger partial charge in [0.1, 0.15) is 5.82 Å². The minimum absolute atomic E-state index is 0.00687. The number of rotatable bonds is 6. The Morgan fingerprint density at radius 2 is 1.97 bits per heavy atom. The molecule has 1 aromatic carbocycles. The summed E-state index contributed by atoms with van der Waals surface area (Å²) in [6.07, 6.45) is 3.29. The molecule has 7 nitrogen and oxygen atoms in total. The van der Waals surface area contributed by atoms with E-state index in [0.29, 0.717) is 30.4 Å². The molecule has 0 radical (unpaired) electrons. The lowest BCUT2D eigenvalue weighted by atomic mass is 9.96. The first kappa shape index (κ1) is 19.2. The third-order valence-corrected chi connectivity index (χ3v) is 5.06. The predicted molar refractivity (Wildman–Crippen MR) is 104 cm³/mol. The number of halogens is 1. The van der Waals surface area contributed by atoms with Crippen LogP contribution in [0.4, 0.5) is 4.39 Å². The normalized spacial score (nSPS) is 15.3. The number of pyridine rings is 1. The topological polar surface area (TPSA) is 84.2 Å². The fraction of sp³-hybridized carbons (Fsp3) is 0.333. The molecule has 3 aromatic rings. The predicted octanol–water partition coefficient (Wildman–Crippen LogP) is 2.80. The summed E-state index contributed by atoms with van der Waals surface area (Å²) in [5, 5.41) is 6.94. The van der Waals surface area contributed by atoms with Crippen LogP contribution >= 0.6 is 0 Å². The molecule has 8 heteroatoms. The van der Waals surface area contributed by atoms with Crippen molar-refractivity contribution in [1.29, 1.82) is 0 Å². The van der Waals surface area contributed by atoms with Gasteiger partial charge in [0.05, 0.1) is 18.8 Å². The maximum absolute atomic E-state index is 13.0. The number of amides is 1. The summed E-state index contributed by atoms with van der Waals surface area (Å²) in [6, 6.07) is 11.6. The molecule has 0 saturated carbocycles. The Bertz CT molecular complexity index is 937. The second-order valence-corrected chi connectivity index (χ2v) is 7.11. The molecule has 1 aliphatic heterocycles. The van der Waals surface area contributed by atoms with Gasteiger partial charge >= 0.3 is 0 Å². The van der Waals surface area contributed by atoms with Crippen molar-refractivity contribution in [2.24, 2.45) is 5.92 Å². The largest absolute Gasteiger partial charge is 0.350 e. The summed E-state index contributed by atoms with van der Waals surface area (Å²) in [4.78, 5) is 23.2. The third kappa shape index (κ3) is 5.03. The Kier molecular flexibility index (Phi) is 5.90. The van der Waals surface area contributed by atoms with E-state index in [9.17, 15) is 9.18 Å². The first-order chi connectivity index (χ1) is 14.2. The molecule has 1 fully saturated rings. The van der Waals surface area contributed by atoms with Gasteiger partial charge in [-0.1, -0.05) is 11.2 Å². The highest BCUT2D eigenvalue weighted by atomic mass is 19.1. The van der Waals surface area contributed by atoms with Gasteiger partial charge in [0.15, 0.2) is 0 Å². The van der Waals surface area contributed by atoms with E-state index in [4.69, 9.17) is 4.52 Å². The van der Waals surface area contributed by atoms with E-state index in [0.717, 1.165) is 31.6 Å². The third-order valence-electron chi connectivity index (χ3n) is 5.06. The van der Waals surface area contributed by atoms with E-state index >= 15 is 0 Å². The number of nitrogens with zero attached hydrogens (tertiary/aromatic N) is 4. The fourth-order valence-electron chi connectivity index (χ4n) is 3.40. The highest BCUT2D eigenvalue weighted by Crippen LogP contribution is 2.21. The maximum Gasteiger partial charge on any atom is 0.241 e. The van der Waals surface area contributed by atoms with Crippen molar-refractivity contribution in [3.05, 3.63) is 66.1 Å². The average molecular weight is 395 g/mol. The number of carbonyl (C=O) groups is 1. The zero-order chi connectivity index (χ0) is 20.1. The number of hydrogen-bond donors (Lipinski definition) is 1. The van der Waals surface area contributed by atoms with Crippen LogP contribution in [-0.2, 0) is 17.9 Å². The van der Waals surface area contributed by atoms with Crippen LogP contribution in [0.25, 0.3) is 11.4 Å². The van der Waals surface area contributed by atoms with Crippen molar-refractivity contribution in [3.63, 3.8) is 0 Å². The fourth-order valence-corrected chi connectivity index (χ4v) is 3.40. The van der Waals surface area contributed by atoms with E-state index < -0.39 is 0 Å². The van der Waals surface area contributed by atoms with Crippen molar-refractivity contribution in [1.82, 2.24) is 25.3 Å². The molecule has 0 unspecified atom stereocenters. The molecule has 1 N–H and O–H groups in total.